The highest BCUT2D eigenvalue weighted by Crippen LogP contribution is 2.32. The lowest BCUT2D eigenvalue weighted by atomic mass is 10.2. The molecule has 0 unspecified atom stereocenters. The van der Waals surface area contributed by atoms with Gasteiger partial charge in [-0.2, -0.15) is 0 Å². The van der Waals surface area contributed by atoms with E-state index in [0.29, 0.717) is 0 Å². The van der Waals surface area contributed by atoms with Crippen molar-refractivity contribution in [3.8, 4) is 16.2 Å². The van der Waals surface area contributed by atoms with E-state index >= 15 is 0 Å². The van der Waals surface area contributed by atoms with E-state index in [-0.39, 0.29) is 0 Å². The van der Waals surface area contributed by atoms with Gasteiger partial charge in [0.25, 0.3) is 0 Å². The third-order valence-corrected chi connectivity index (χ3v) is 3.98. The van der Waals surface area contributed by atoms with Crippen LogP contribution in [0.25, 0.3) is 16.0 Å². The van der Waals surface area contributed by atoms with Crippen molar-refractivity contribution in [2.75, 3.05) is 7.11 Å². The summed E-state index contributed by atoms with van der Waals surface area (Å²) in [6.45, 7) is 1.80. The summed E-state index contributed by atoms with van der Waals surface area (Å²) in [5.74, 6) is -0.0978. The van der Waals surface area contributed by atoms with Crippen LogP contribution in [0.2, 0.25) is 0 Å². The van der Waals surface area contributed by atoms with Gasteiger partial charge in [-0.25, -0.2) is 4.79 Å². The summed E-state index contributed by atoms with van der Waals surface area (Å²) in [4.78, 5) is 12.7. The lowest BCUT2D eigenvalue weighted by molar-refractivity contribution is -0.131. The summed E-state index contributed by atoms with van der Waals surface area (Å²) in [6, 6.07) is 11.7. The fourth-order valence-corrected chi connectivity index (χ4v) is 2.70. The summed E-state index contributed by atoms with van der Waals surface area (Å²) < 4.78 is 5.12. The van der Waals surface area contributed by atoms with E-state index in [4.69, 9.17) is 9.84 Å². The average molecular weight is 274 g/mol. The van der Waals surface area contributed by atoms with Gasteiger partial charge in [-0.05, 0) is 54.5 Å². The topological polar surface area (TPSA) is 46.5 Å². The van der Waals surface area contributed by atoms with Crippen LogP contribution in [0.3, 0.4) is 0 Å². The molecule has 19 heavy (non-hydrogen) atoms. The molecule has 98 valence electrons. The molecule has 1 aromatic heterocycles. The van der Waals surface area contributed by atoms with Gasteiger partial charge in [0.2, 0.25) is 0 Å². The maximum Gasteiger partial charge on any atom is 0.328 e. The molecule has 1 aromatic carbocycles. The molecule has 1 N–H and O–H groups in total. The fraction of sp³-hybridized carbons (Fsp3) is 0.133. The smallest absolute Gasteiger partial charge is 0.328 e. The molecular formula is C15H14O3S. The molecule has 0 saturated heterocycles. The number of aliphatic carboxylic acids is 1. The second-order valence-corrected chi connectivity index (χ2v) is 5.14. The molecule has 0 spiro atoms. The van der Waals surface area contributed by atoms with Crippen LogP contribution in [0.5, 0.6) is 5.75 Å². The molecule has 0 radical (unpaired) electrons. The first-order chi connectivity index (χ1) is 9.10. The SMILES string of the molecule is COc1ccc(-c2ccc(/C(C)=C/C(=O)O)s2)cc1. The van der Waals surface area contributed by atoms with E-state index in [0.717, 1.165) is 26.6 Å². The number of allylic oxidation sites excluding steroid dienone is 1. The lowest BCUT2D eigenvalue weighted by Crippen LogP contribution is -1.88. The van der Waals surface area contributed by atoms with E-state index in [1.807, 2.05) is 36.4 Å². The molecule has 2 rings (SSSR count). The second-order valence-electron chi connectivity index (χ2n) is 4.06. The Morgan fingerprint density at radius 1 is 1.21 bits per heavy atom. The highest BCUT2D eigenvalue weighted by atomic mass is 32.1. The van der Waals surface area contributed by atoms with Gasteiger partial charge in [0.15, 0.2) is 0 Å². The van der Waals surface area contributed by atoms with Crippen molar-refractivity contribution in [1.82, 2.24) is 0 Å². The Kier molecular flexibility index (Phi) is 4.02. The third kappa shape index (κ3) is 3.23. The first-order valence-corrected chi connectivity index (χ1v) is 6.57. The van der Waals surface area contributed by atoms with Gasteiger partial charge in [-0.15, -0.1) is 11.3 Å². The number of carbonyl (C=O) groups is 1. The Hall–Kier alpha value is -2.07. The molecule has 3 nitrogen and oxygen atoms in total. The minimum atomic E-state index is -0.920. The van der Waals surface area contributed by atoms with Crippen LogP contribution in [0.4, 0.5) is 0 Å². The largest absolute Gasteiger partial charge is 0.497 e. The number of carboxylic acid groups (broad SMARTS) is 1. The molecule has 0 amide bonds. The van der Waals surface area contributed by atoms with E-state index in [2.05, 4.69) is 0 Å². The molecular weight excluding hydrogens is 260 g/mol. The first kappa shape index (κ1) is 13.4. The van der Waals surface area contributed by atoms with Crippen LogP contribution in [-0.4, -0.2) is 18.2 Å². The standard InChI is InChI=1S/C15H14O3S/c1-10(9-15(16)17)13-7-8-14(19-13)11-3-5-12(18-2)6-4-11/h3-9H,1-2H3,(H,16,17)/b10-9+. The number of rotatable bonds is 4. The molecule has 4 heteroatoms. The Bertz CT molecular complexity index is 609. The van der Waals surface area contributed by atoms with Crippen molar-refractivity contribution >= 4 is 22.9 Å². The van der Waals surface area contributed by atoms with Crippen LogP contribution in [0.1, 0.15) is 11.8 Å². The van der Waals surface area contributed by atoms with Gasteiger partial charge in [0.1, 0.15) is 5.75 Å². The van der Waals surface area contributed by atoms with Crippen LogP contribution >= 0.6 is 11.3 Å². The predicted octanol–water partition coefficient (Wildman–Crippen LogP) is 3.91. The zero-order valence-corrected chi connectivity index (χ0v) is 11.5. The molecule has 2 aromatic rings. The molecule has 1 heterocycles. The van der Waals surface area contributed by atoms with Gasteiger partial charge in [-0.1, -0.05) is 0 Å². The quantitative estimate of drug-likeness (QED) is 0.860. The molecule has 0 atom stereocenters. The number of benzene rings is 1. The van der Waals surface area contributed by atoms with Crippen molar-refractivity contribution in [3.05, 3.63) is 47.4 Å². The normalized spacial score (nSPS) is 11.4. The highest BCUT2D eigenvalue weighted by molar-refractivity contribution is 7.16. The molecule has 0 aliphatic carbocycles. The van der Waals surface area contributed by atoms with Crippen LogP contribution < -0.4 is 4.74 Å². The van der Waals surface area contributed by atoms with Gasteiger partial charge >= 0.3 is 5.97 Å². The minimum Gasteiger partial charge on any atom is -0.497 e. The molecule has 0 saturated carbocycles. The molecule has 0 fully saturated rings. The zero-order chi connectivity index (χ0) is 13.8. The van der Waals surface area contributed by atoms with E-state index in [9.17, 15) is 4.79 Å². The second kappa shape index (κ2) is 5.71. The number of hydrogen-bond donors (Lipinski definition) is 1. The van der Waals surface area contributed by atoms with Crippen molar-refractivity contribution in [1.29, 1.82) is 0 Å². The van der Waals surface area contributed by atoms with Crippen LogP contribution in [0, 0.1) is 0 Å². The number of thiophene rings is 1. The Balaban J connectivity index is 2.27. The molecule has 0 aliphatic heterocycles. The summed E-state index contributed by atoms with van der Waals surface area (Å²) in [5.41, 5.74) is 1.86. The van der Waals surface area contributed by atoms with Gasteiger partial charge < -0.3 is 9.84 Å². The first-order valence-electron chi connectivity index (χ1n) is 5.76. The van der Waals surface area contributed by atoms with Crippen molar-refractivity contribution in [2.24, 2.45) is 0 Å². The number of hydrogen-bond acceptors (Lipinski definition) is 3. The zero-order valence-electron chi connectivity index (χ0n) is 10.7. The highest BCUT2D eigenvalue weighted by Gasteiger charge is 2.05. The lowest BCUT2D eigenvalue weighted by Gasteiger charge is -2.01. The summed E-state index contributed by atoms with van der Waals surface area (Å²) in [7, 11) is 1.64. The monoisotopic (exact) mass is 274 g/mol. The maximum atomic E-state index is 10.6. The van der Waals surface area contributed by atoms with Crippen molar-refractivity contribution in [3.63, 3.8) is 0 Å². The Morgan fingerprint density at radius 3 is 2.47 bits per heavy atom. The molecule has 0 bridgehead atoms. The van der Waals surface area contributed by atoms with Crippen LogP contribution in [-0.2, 0) is 4.79 Å². The van der Waals surface area contributed by atoms with Crippen molar-refractivity contribution in [2.45, 2.75) is 6.92 Å². The number of ether oxygens (including phenoxy) is 1. The Morgan fingerprint density at radius 2 is 1.89 bits per heavy atom. The van der Waals surface area contributed by atoms with Gasteiger partial charge in [-0.3, -0.25) is 0 Å². The van der Waals surface area contributed by atoms with Crippen molar-refractivity contribution < 1.29 is 14.6 Å². The summed E-state index contributed by atoms with van der Waals surface area (Å²) in [6.07, 6.45) is 1.23. The molecule has 0 aliphatic rings. The van der Waals surface area contributed by atoms with Gasteiger partial charge in [0.05, 0.1) is 7.11 Å². The van der Waals surface area contributed by atoms with E-state index < -0.39 is 5.97 Å². The summed E-state index contributed by atoms with van der Waals surface area (Å²) >= 11 is 1.58. The minimum absolute atomic E-state index is 0.761. The maximum absolute atomic E-state index is 10.6. The Labute approximate surface area is 115 Å². The third-order valence-electron chi connectivity index (χ3n) is 2.71. The van der Waals surface area contributed by atoms with Gasteiger partial charge in [0, 0.05) is 15.8 Å². The predicted molar refractivity (Wildman–Crippen MR) is 77.6 cm³/mol. The van der Waals surface area contributed by atoms with E-state index in [1.165, 1.54) is 6.08 Å². The average Bonchev–Trinajstić information content (AvgIpc) is 2.88. The number of carboxylic acids is 1. The summed E-state index contributed by atoms with van der Waals surface area (Å²) in [5, 5.41) is 8.74. The van der Waals surface area contributed by atoms with Crippen LogP contribution in [0.15, 0.2) is 42.5 Å². The number of methoxy groups -OCH3 is 1. The van der Waals surface area contributed by atoms with E-state index in [1.54, 1.807) is 25.4 Å². The fourth-order valence-electron chi connectivity index (χ4n) is 1.72.